The third-order valence-corrected chi connectivity index (χ3v) is 16.5. The van der Waals surface area contributed by atoms with E-state index in [-0.39, 0.29) is 29.5 Å². The second kappa shape index (κ2) is 20.7. The average molecular weight is 1000 g/mol. The Morgan fingerprint density at radius 1 is 0.822 bits per heavy atom. The summed E-state index contributed by atoms with van der Waals surface area (Å²) in [5.74, 6) is -0.195. The molecular weight excluding hydrogens is 939 g/mol. The number of benzene rings is 4. The molecule has 0 spiro atoms. The standard InChI is InChI=1S/C57H61N9O6S/c1-35-39(40-23-25-49(59-52(40)56(70)71)66-29-27-37-11-7-13-41(44(37)34-66)54(68)61-57-58-45-15-3-4-18-48(45)73-57)12-9-17-47(35)72-38-21-19-36(20-22-38)10-5-6-28-64-30-32-65(33-31-64)46-16-8-14-42-51(62-63(2)53(42)46)43-24-26-50(67)60-55(43)69/h3-4,7-9,11-18,23,25,36,38,43H,5-6,10,19-22,24,26-34H2,1-2H3,(H,70,71)(H,58,61,68)(H,60,67,69). The third-order valence-electron chi connectivity index (χ3n) is 15.6. The Hall–Kier alpha value is -7.17. The molecule has 1 unspecified atom stereocenters. The van der Waals surface area contributed by atoms with E-state index in [1.54, 1.807) is 0 Å². The molecule has 3 aromatic heterocycles. The molecule has 0 radical (unpaired) electrons. The molecule has 7 aromatic rings. The van der Waals surface area contributed by atoms with Crippen LogP contribution in [0.1, 0.15) is 107 Å². The van der Waals surface area contributed by atoms with E-state index in [1.807, 2.05) is 97.5 Å². The van der Waals surface area contributed by atoms with Crippen LogP contribution in [-0.2, 0) is 29.6 Å². The fourth-order valence-electron chi connectivity index (χ4n) is 11.6. The minimum absolute atomic E-state index is 0.0183. The number of carboxylic acids is 1. The lowest BCUT2D eigenvalue weighted by molar-refractivity contribution is -0.134. The van der Waals surface area contributed by atoms with Gasteiger partial charge in [0.1, 0.15) is 11.6 Å². The molecule has 1 atom stereocenters. The van der Waals surface area contributed by atoms with Crippen LogP contribution < -0.4 is 25.2 Å². The summed E-state index contributed by atoms with van der Waals surface area (Å²) in [4.78, 5) is 67.5. The fraction of sp³-hybridized carbons (Fsp3) is 0.386. The van der Waals surface area contributed by atoms with Gasteiger partial charge >= 0.3 is 5.97 Å². The van der Waals surface area contributed by atoms with Crippen LogP contribution in [0, 0.1) is 12.8 Å². The maximum Gasteiger partial charge on any atom is 0.355 e. The van der Waals surface area contributed by atoms with Gasteiger partial charge in [-0.3, -0.25) is 34.6 Å². The number of para-hydroxylation sites is 2. The van der Waals surface area contributed by atoms with E-state index >= 15 is 0 Å². The van der Waals surface area contributed by atoms with Crippen LogP contribution >= 0.6 is 11.3 Å². The van der Waals surface area contributed by atoms with Gasteiger partial charge in [-0.15, -0.1) is 0 Å². The first-order valence-electron chi connectivity index (χ1n) is 25.8. The first-order chi connectivity index (χ1) is 35.5. The number of nitrogens with one attached hydrogen (secondary N) is 2. The number of rotatable bonds is 14. The average Bonchev–Trinajstić information content (AvgIpc) is 3.98. The number of hydrogen-bond acceptors (Lipinski definition) is 12. The van der Waals surface area contributed by atoms with Gasteiger partial charge in [0, 0.05) is 69.3 Å². The SMILES string of the molecule is Cc1c(OC2CCC(CCCCN3CCN(c4cccc5c(C6CCC(=O)NC6=O)nn(C)c45)CC3)CC2)cccc1-c1ccc(N2CCc3cccc(C(=O)Nc4nc5ccccc5s4)c3C2)nc1C(=O)O. The number of thiazole rings is 1. The summed E-state index contributed by atoms with van der Waals surface area (Å²) in [6, 6.07) is 29.5. The Labute approximate surface area is 428 Å². The van der Waals surface area contributed by atoms with Crippen molar-refractivity contribution < 1.29 is 29.0 Å². The van der Waals surface area contributed by atoms with E-state index < -0.39 is 11.9 Å². The van der Waals surface area contributed by atoms with E-state index in [1.165, 1.54) is 30.6 Å². The van der Waals surface area contributed by atoms with Gasteiger partial charge < -0.3 is 19.6 Å². The van der Waals surface area contributed by atoms with Crippen molar-refractivity contribution in [2.45, 2.75) is 89.7 Å². The van der Waals surface area contributed by atoms with Crippen LogP contribution in [-0.4, -0.2) is 98.8 Å². The van der Waals surface area contributed by atoms with Crippen molar-refractivity contribution >= 4 is 72.8 Å². The number of hydrogen-bond donors (Lipinski definition) is 3. The molecule has 0 bridgehead atoms. The van der Waals surface area contributed by atoms with Crippen molar-refractivity contribution in [1.29, 1.82) is 0 Å². The number of fused-ring (bicyclic) bond motifs is 3. The number of aromatic carboxylic acids is 1. The lowest BCUT2D eigenvalue weighted by atomic mass is 9.84. The Kier molecular flexibility index (Phi) is 13.7. The molecule has 376 valence electrons. The Bertz CT molecular complexity index is 3210. The number of aromatic nitrogens is 4. The van der Waals surface area contributed by atoms with Gasteiger partial charge in [-0.2, -0.15) is 5.10 Å². The van der Waals surface area contributed by atoms with Crippen molar-refractivity contribution in [3.8, 4) is 16.9 Å². The Balaban J connectivity index is 0.657. The molecule has 1 aliphatic carbocycles. The fourth-order valence-corrected chi connectivity index (χ4v) is 12.5. The van der Waals surface area contributed by atoms with Crippen LogP contribution in [0.5, 0.6) is 5.75 Å². The van der Waals surface area contributed by atoms with Crippen molar-refractivity contribution in [2.75, 3.05) is 54.4 Å². The highest BCUT2D eigenvalue weighted by atomic mass is 32.1. The number of carboxylic acid groups (broad SMARTS) is 1. The zero-order chi connectivity index (χ0) is 50.2. The molecule has 73 heavy (non-hydrogen) atoms. The minimum atomic E-state index is -1.10. The number of unbranched alkanes of at least 4 members (excludes halogenated alkanes) is 1. The molecule has 3 fully saturated rings. The topological polar surface area (TPSA) is 175 Å². The number of imide groups is 1. The molecule has 4 aliphatic rings. The number of piperazine rings is 1. The van der Waals surface area contributed by atoms with E-state index in [2.05, 4.69) is 42.5 Å². The summed E-state index contributed by atoms with van der Waals surface area (Å²) in [6.45, 7) is 8.02. The maximum absolute atomic E-state index is 13.7. The highest BCUT2D eigenvalue weighted by molar-refractivity contribution is 7.22. The molecule has 11 rings (SSSR count). The van der Waals surface area contributed by atoms with Gasteiger partial charge in [-0.25, -0.2) is 14.8 Å². The number of aryl methyl sites for hydroxylation is 1. The predicted molar refractivity (Wildman–Crippen MR) is 285 cm³/mol. The number of ether oxygens (including phenoxy) is 1. The van der Waals surface area contributed by atoms with E-state index in [9.17, 15) is 24.3 Å². The smallest absolute Gasteiger partial charge is 0.355 e. The van der Waals surface area contributed by atoms with Gasteiger partial charge in [0.2, 0.25) is 11.8 Å². The first kappa shape index (κ1) is 48.1. The van der Waals surface area contributed by atoms with Gasteiger partial charge in [-0.05, 0) is 129 Å². The highest BCUT2D eigenvalue weighted by Crippen LogP contribution is 2.39. The molecule has 16 heteroatoms. The minimum Gasteiger partial charge on any atom is -0.490 e. The van der Waals surface area contributed by atoms with Gasteiger partial charge in [-0.1, -0.05) is 72.7 Å². The summed E-state index contributed by atoms with van der Waals surface area (Å²) < 4.78 is 9.59. The summed E-state index contributed by atoms with van der Waals surface area (Å²) >= 11 is 1.44. The Morgan fingerprint density at radius 3 is 2.44 bits per heavy atom. The van der Waals surface area contributed by atoms with E-state index in [0.717, 1.165) is 119 Å². The number of pyridine rings is 1. The van der Waals surface area contributed by atoms with Crippen molar-refractivity contribution in [3.63, 3.8) is 0 Å². The number of amides is 3. The van der Waals surface area contributed by atoms with Gasteiger partial charge in [0.15, 0.2) is 10.8 Å². The molecule has 15 nitrogen and oxygen atoms in total. The number of anilines is 3. The van der Waals surface area contributed by atoms with Crippen LogP contribution in [0.15, 0.2) is 91.0 Å². The van der Waals surface area contributed by atoms with E-state index in [0.29, 0.717) is 60.3 Å². The lowest BCUT2D eigenvalue weighted by Gasteiger charge is -2.36. The number of carbonyl (C=O) groups excluding carboxylic acids is 3. The molecule has 3 amide bonds. The normalized spacial score (nSPS) is 19.5. The summed E-state index contributed by atoms with van der Waals surface area (Å²) in [5, 5.41) is 22.4. The summed E-state index contributed by atoms with van der Waals surface area (Å²) in [7, 11) is 1.94. The highest BCUT2D eigenvalue weighted by Gasteiger charge is 2.33. The van der Waals surface area contributed by atoms with Crippen LogP contribution in [0.3, 0.4) is 0 Å². The lowest BCUT2D eigenvalue weighted by Crippen LogP contribution is -2.46. The van der Waals surface area contributed by atoms with Gasteiger partial charge in [0.25, 0.3) is 5.91 Å². The number of piperidine rings is 1. The largest absolute Gasteiger partial charge is 0.490 e. The predicted octanol–water partition coefficient (Wildman–Crippen LogP) is 9.52. The monoisotopic (exact) mass is 999 g/mol. The first-order valence-corrected chi connectivity index (χ1v) is 26.7. The summed E-state index contributed by atoms with van der Waals surface area (Å²) in [6.07, 6.45) is 9.50. The molecule has 2 saturated heterocycles. The van der Waals surface area contributed by atoms with Crippen molar-refractivity contribution in [3.05, 3.63) is 125 Å². The molecule has 3 aliphatic heterocycles. The van der Waals surface area contributed by atoms with E-state index in [4.69, 9.17) is 14.8 Å². The third kappa shape index (κ3) is 10.0. The zero-order valence-electron chi connectivity index (χ0n) is 41.4. The summed E-state index contributed by atoms with van der Waals surface area (Å²) in [5.41, 5.74) is 8.54. The number of nitrogens with zero attached hydrogens (tertiary/aromatic N) is 7. The quantitative estimate of drug-likeness (QED) is 0.0697. The van der Waals surface area contributed by atoms with Crippen molar-refractivity contribution in [2.24, 2.45) is 13.0 Å². The van der Waals surface area contributed by atoms with Crippen LogP contribution in [0.4, 0.5) is 16.6 Å². The Morgan fingerprint density at radius 2 is 1.63 bits per heavy atom. The number of carbonyl (C=O) groups is 4. The van der Waals surface area contributed by atoms with Crippen LogP contribution in [0.2, 0.25) is 0 Å². The van der Waals surface area contributed by atoms with Crippen LogP contribution in [0.25, 0.3) is 32.2 Å². The maximum atomic E-state index is 13.7. The molecular formula is C57H61N9O6S. The second-order valence-electron chi connectivity index (χ2n) is 20.1. The zero-order valence-corrected chi connectivity index (χ0v) is 42.3. The second-order valence-corrected chi connectivity index (χ2v) is 21.2. The van der Waals surface area contributed by atoms with Crippen molar-refractivity contribution in [1.82, 2.24) is 30.0 Å². The molecule has 6 heterocycles. The molecule has 4 aromatic carbocycles. The van der Waals surface area contributed by atoms with Gasteiger partial charge in [0.05, 0.1) is 39.1 Å². The molecule has 3 N–H and O–H groups in total. The molecule has 1 saturated carbocycles.